The van der Waals surface area contributed by atoms with Gasteiger partial charge in [-0.2, -0.15) is 0 Å². The van der Waals surface area contributed by atoms with E-state index in [1.54, 1.807) is 49.6 Å². The Labute approximate surface area is 151 Å². The van der Waals surface area contributed by atoms with Gasteiger partial charge in [0.1, 0.15) is 16.2 Å². The van der Waals surface area contributed by atoms with E-state index in [2.05, 4.69) is 0 Å². The van der Waals surface area contributed by atoms with Crippen LogP contribution < -0.4 is 4.74 Å². The lowest BCUT2D eigenvalue weighted by Crippen LogP contribution is -2.03. The smallest absolute Gasteiger partial charge is 0.211 e. The highest BCUT2D eigenvalue weighted by Crippen LogP contribution is 2.39. The van der Waals surface area contributed by atoms with Crippen molar-refractivity contribution in [1.29, 1.82) is 0 Å². The van der Waals surface area contributed by atoms with E-state index in [0.717, 1.165) is 5.56 Å². The minimum atomic E-state index is -3.78. The van der Waals surface area contributed by atoms with E-state index in [-0.39, 0.29) is 9.79 Å². The predicted octanol–water partition coefficient (Wildman–Crippen LogP) is 4.94. The van der Waals surface area contributed by atoms with E-state index in [9.17, 15) is 8.42 Å². The maximum absolute atomic E-state index is 13.4. The SMILES string of the molecule is COc1ccc(S(=O)(=O)c2c(-c3ccccc3)oc3ccccc23)cc1. The van der Waals surface area contributed by atoms with Crippen molar-refractivity contribution in [3.05, 3.63) is 78.9 Å². The highest BCUT2D eigenvalue weighted by molar-refractivity contribution is 7.91. The zero-order valence-electron chi connectivity index (χ0n) is 14.0. The number of rotatable bonds is 4. The van der Waals surface area contributed by atoms with Gasteiger partial charge in [-0.25, -0.2) is 8.42 Å². The number of ether oxygens (including phenoxy) is 1. The van der Waals surface area contributed by atoms with Gasteiger partial charge in [0.25, 0.3) is 0 Å². The number of sulfone groups is 1. The fraction of sp³-hybridized carbons (Fsp3) is 0.0476. The van der Waals surface area contributed by atoms with Gasteiger partial charge in [-0.15, -0.1) is 0 Å². The van der Waals surface area contributed by atoms with Gasteiger partial charge in [-0.3, -0.25) is 0 Å². The Bertz CT molecular complexity index is 1160. The van der Waals surface area contributed by atoms with E-state index in [4.69, 9.17) is 9.15 Å². The molecule has 0 bridgehead atoms. The molecule has 0 spiro atoms. The maximum atomic E-state index is 13.4. The van der Waals surface area contributed by atoms with Crippen molar-refractivity contribution in [2.45, 2.75) is 9.79 Å². The second-order valence-corrected chi connectivity index (χ2v) is 7.69. The molecule has 0 unspecified atom stereocenters. The molecule has 0 N–H and O–H groups in total. The number of fused-ring (bicyclic) bond motifs is 1. The second-order valence-electron chi connectivity index (χ2n) is 5.80. The molecule has 0 fully saturated rings. The lowest BCUT2D eigenvalue weighted by Gasteiger charge is -2.07. The molecule has 1 heterocycles. The zero-order chi connectivity index (χ0) is 18.1. The number of furan rings is 1. The van der Waals surface area contributed by atoms with Crippen LogP contribution in [0.5, 0.6) is 5.75 Å². The van der Waals surface area contributed by atoms with Gasteiger partial charge in [-0.1, -0.05) is 42.5 Å². The number of benzene rings is 3. The molecule has 0 amide bonds. The summed E-state index contributed by atoms with van der Waals surface area (Å²) in [7, 11) is -2.23. The van der Waals surface area contributed by atoms with Crippen molar-refractivity contribution in [1.82, 2.24) is 0 Å². The Morgan fingerprint density at radius 3 is 2.15 bits per heavy atom. The molecule has 0 atom stereocenters. The van der Waals surface area contributed by atoms with Gasteiger partial charge in [0, 0.05) is 10.9 Å². The molecule has 3 aromatic carbocycles. The molecule has 0 aliphatic heterocycles. The Morgan fingerprint density at radius 1 is 0.808 bits per heavy atom. The first kappa shape index (κ1) is 16.4. The van der Waals surface area contributed by atoms with E-state index < -0.39 is 9.84 Å². The van der Waals surface area contributed by atoms with Crippen LogP contribution in [0.15, 0.2) is 93.1 Å². The molecular formula is C21H16O4S. The summed E-state index contributed by atoms with van der Waals surface area (Å²) in [5.74, 6) is 0.951. The van der Waals surface area contributed by atoms with Gasteiger partial charge in [-0.05, 0) is 36.4 Å². The molecule has 130 valence electrons. The van der Waals surface area contributed by atoms with Crippen LogP contribution in [0.2, 0.25) is 0 Å². The standard InChI is InChI=1S/C21H16O4S/c1-24-16-11-13-17(14-12-16)26(22,23)21-18-9-5-6-10-19(18)25-20(21)15-7-3-2-4-8-15/h2-14H,1H3. The highest BCUT2D eigenvalue weighted by Gasteiger charge is 2.28. The molecule has 0 aliphatic rings. The van der Waals surface area contributed by atoms with Crippen molar-refractivity contribution >= 4 is 20.8 Å². The molecule has 26 heavy (non-hydrogen) atoms. The number of methoxy groups -OCH3 is 1. The Balaban J connectivity index is 2.00. The van der Waals surface area contributed by atoms with Gasteiger partial charge in [0.05, 0.1) is 12.0 Å². The summed E-state index contributed by atoms with van der Waals surface area (Å²) in [6.07, 6.45) is 0. The van der Waals surface area contributed by atoms with Crippen LogP contribution in [0.3, 0.4) is 0 Å². The predicted molar refractivity (Wildman–Crippen MR) is 100 cm³/mol. The van der Waals surface area contributed by atoms with Crippen molar-refractivity contribution in [2.75, 3.05) is 7.11 Å². The quantitative estimate of drug-likeness (QED) is 0.515. The summed E-state index contributed by atoms with van der Waals surface area (Å²) in [6, 6.07) is 22.8. The van der Waals surface area contributed by atoms with Crippen LogP contribution >= 0.6 is 0 Å². The van der Waals surface area contributed by atoms with Crippen LogP contribution in [0, 0.1) is 0 Å². The lowest BCUT2D eigenvalue weighted by atomic mass is 10.1. The molecule has 0 saturated heterocycles. The van der Waals surface area contributed by atoms with Gasteiger partial charge >= 0.3 is 0 Å². The van der Waals surface area contributed by atoms with E-state index >= 15 is 0 Å². The van der Waals surface area contributed by atoms with Gasteiger partial charge < -0.3 is 9.15 Å². The summed E-state index contributed by atoms with van der Waals surface area (Å²) in [6.45, 7) is 0. The largest absolute Gasteiger partial charge is 0.497 e. The fourth-order valence-corrected chi connectivity index (χ4v) is 4.53. The van der Waals surface area contributed by atoms with Gasteiger partial charge in [0.2, 0.25) is 9.84 Å². The molecule has 1 aromatic heterocycles. The molecule has 5 heteroatoms. The first-order valence-electron chi connectivity index (χ1n) is 8.07. The summed E-state index contributed by atoms with van der Waals surface area (Å²) in [5, 5.41) is 0.571. The highest BCUT2D eigenvalue weighted by atomic mass is 32.2. The third-order valence-electron chi connectivity index (χ3n) is 4.22. The third kappa shape index (κ3) is 2.66. The van der Waals surface area contributed by atoms with Crippen LogP contribution in [-0.4, -0.2) is 15.5 Å². The van der Waals surface area contributed by atoms with Crippen molar-refractivity contribution in [3.63, 3.8) is 0 Å². The lowest BCUT2D eigenvalue weighted by molar-refractivity contribution is 0.414. The third-order valence-corrected chi connectivity index (χ3v) is 6.06. The Kier molecular flexibility index (Phi) is 4.01. The van der Waals surface area contributed by atoms with Crippen molar-refractivity contribution < 1.29 is 17.6 Å². The van der Waals surface area contributed by atoms with Crippen molar-refractivity contribution in [2.24, 2.45) is 0 Å². The van der Waals surface area contributed by atoms with Gasteiger partial charge in [0.15, 0.2) is 5.76 Å². The van der Waals surface area contributed by atoms with Crippen LogP contribution in [0.4, 0.5) is 0 Å². The average Bonchev–Trinajstić information content (AvgIpc) is 3.09. The molecule has 4 rings (SSSR count). The monoisotopic (exact) mass is 364 g/mol. The number of hydrogen-bond donors (Lipinski definition) is 0. The Hall–Kier alpha value is -3.05. The molecule has 0 saturated carbocycles. The van der Waals surface area contributed by atoms with Crippen molar-refractivity contribution in [3.8, 4) is 17.1 Å². The summed E-state index contributed by atoms with van der Waals surface area (Å²) < 4.78 is 37.9. The molecule has 4 nitrogen and oxygen atoms in total. The number of para-hydroxylation sites is 1. The zero-order valence-corrected chi connectivity index (χ0v) is 14.9. The first-order valence-corrected chi connectivity index (χ1v) is 9.55. The summed E-state index contributed by atoms with van der Waals surface area (Å²) in [4.78, 5) is 0.381. The summed E-state index contributed by atoms with van der Waals surface area (Å²) in [5.41, 5.74) is 1.26. The van der Waals surface area contributed by atoms with Crippen LogP contribution in [-0.2, 0) is 9.84 Å². The number of hydrogen-bond acceptors (Lipinski definition) is 4. The van der Waals surface area contributed by atoms with E-state index in [1.165, 1.54) is 0 Å². The van der Waals surface area contributed by atoms with Crippen LogP contribution in [0.1, 0.15) is 0 Å². The normalized spacial score (nSPS) is 11.6. The Morgan fingerprint density at radius 2 is 1.46 bits per heavy atom. The van der Waals surface area contributed by atoms with Crippen LogP contribution in [0.25, 0.3) is 22.3 Å². The van der Waals surface area contributed by atoms with E-state index in [0.29, 0.717) is 22.5 Å². The minimum Gasteiger partial charge on any atom is -0.497 e. The second kappa shape index (κ2) is 6.35. The first-order chi connectivity index (χ1) is 12.6. The average molecular weight is 364 g/mol. The fourth-order valence-electron chi connectivity index (χ4n) is 2.94. The summed E-state index contributed by atoms with van der Waals surface area (Å²) >= 11 is 0. The molecule has 0 aliphatic carbocycles. The molecular weight excluding hydrogens is 348 g/mol. The molecule has 0 radical (unpaired) electrons. The molecule has 4 aromatic rings. The topological polar surface area (TPSA) is 56.5 Å². The minimum absolute atomic E-state index is 0.185. The van der Waals surface area contributed by atoms with E-state index in [1.807, 2.05) is 36.4 Å². The maximum Gasteiger partial charge on any atom is 0.211 e.